The second-order valence-electron chi connectivity index (χ2n) is 1.33. The fourth-order valence-electron chi connectivity index (χ4n) is 0.267. The van der Waals surface area contributed by atoms with E-state index in [-0.39, 0.29) is 5.38 Å². The molecule has 0 saturated heterocycles. The Morgan fingerprint density at radius 3 is 2.57 bits per heavy atom. The molecule has 42 valence electrons. The van der Waals surface area contributed by atoms with Gasteiger partial charge in [-0.3, -0.25) is 4.99 Å². The van der Waals surface area contributed by atoms with Crippen LogP contribution in [-0.2, 0) is 0 Å². The van der Waals surface area contributed by atoms with Crippen molar-refractivity contribution >= 4 is 17.8 Å². The van der Waals surface area contributed by atoms with Crippen LogP contribution in [0.2, 0.25) is 0 Å². The number of rotatable bonds is 2. The first-order chi connectivity index (χ1) is 3.31. The molecule has 0 aromatic heterocycles. The van der Waals surface area contributed by atoms with Gasteiger partial charge >= 0.3 is 0 Å². The smallest absolute Gasteiger partial charge is 0.0681 e. The number of aliphatic imine (C=N–C) groups is 1. The molecule has 0 heterocycles. The number of hydrogen-bond donors (Lipinski definition) is 0. The Labute approximate surface area is 49.4 Å². The van der Waals surface area contributed by atoms with Gasteiger partial charge in [0.1, 0.15) is 0 Å². The van der Waals surface area contributed by atoms with Gasteiger partial charge < -0.3 is 0 Å². The van der Waals surface area contributed by atoms with Gasteiger partial charge in [0.25, 0.3) is 0 Å². The minimum Gasteiger partial charge on any atom is -0.299 e. The third-order valence-electron chi connectivity index (χ3n) is 0.701. The van der Waals surface area contributed by atoms with Crippen LogP contribution in [0.4, 0.5) is 0 Å². The van der Waals surface area contributed by atoms with Crippen molar-refractivity contribution in [1.29, 1.82) is 0 Å². The average Bonchev–Trinajstić information content (AvgIpc) is 1.68. The summed E-state index contributed by atoms with van der Waals surface area (Å²) in [5.41, 5.74) is 0. The first kappa shape index (κ1) is 6.96. The van der Waals surface area contributed by atoms with Crippen LogP contribution in [0.3, 0.4) is 0 Å². The number of nitrogens with zero attached hydrogens (tertiary/aromatic N) is 1. The summed E-state index contributed by atoms with van der Waals surface area (Å²) in [6.07, 6.45) is 2.69. The lowest BCUT2D eigenvalue weighted by Gasteiger charge is -1.91. The molecule has 1 unspecified atom stereocenters. The highest BCUT2D eigenvalue weighted by atomic mass is 35.5. The zero-order valence-electron chi connectivity index (χ0n) is 4.69. The van der Waals surface area contributed by atoms with Crippen molar-refractivity contribution in [3.63, 3.8) is 0 Å². The summed E-state index contributed by atoms with van der Waals surface area (Å²) < 4.78 is 0. The van der Waals surface area contributed by atoms with E-state index in [1.807, 2.05) is 6.92 Å². The van der Waals surface area contributed by atoms with Gasteiger partial charge in [0.2, 0.25) is 0 Å². The number of halogens is 1. The second-order valence-corrected chi connectivity index (χ2v) is 1.89. The van der Waals surface area contributed by atoms with Gasteiger partial charge in [-0.05, 0) is 6.42 Å². The fraction of sp³-hybridized carbons (Fsp3) is 0.800. The lowest BCUT2D eigenvalue weighted by molar-refractivity contribution is 1.01. The molecular weight excluding hydrogens is 110 g/mol. The third kappa shape index (κ3) is 3.80. The van der Waals surface area contributed by atoms with Crippen LogP contribution in [-0.4, -0.2) is 18.6 Å². The first-order valence-electron chi connectivity index (χ1n) is 2.37. The van der Waals surface area contributed by atoms with Crippen LogP contribution in [0, 0.1) is 0 Å². The fourth-order valence-corrected chi connectivity index (χ4v) is 0.380. The van der Waals surface area contributed by atoms with Crippen LogP contribution in [0.15, 0.2) is 4.99 Å². The van der Waals surface area contributed by atoms with Crippen LogP contribution in [0.25, 0.3) is 0 Å². The van der Waals surface area contributed by atoms with Crippen molar-refractivity contribution in [3.05, 3.63) is 0 Å². The van der Waals surface area contributed by atoms with Crippen molar-refractivity contribution < 1.29 is 0 Å². The summed E-state index contributed by atoms with van der Waals surface area (Å²) in [6, 6.07) is 0. The summed E-state index contributed by atoms with van der Waals surface area (Å²) in [4.78, 5) is 3.75. The van der Waals surface area contributed by atoms with Crippen molar-refractivity contribution in [2.45, 2.75) is 18.7 Å². The Bertz CT molecular complexity index is 61.1. The zero-order chi connectivity index (χ0) is 5.70. The Morgan fingerprint density at radius 1 is 1.86 bits per heavy atom. The molecule has 0 aliphatic rings. The van der Waals surface area contributed by atoms with E-state index >= 15 is 0 Å². The van der Waals surface area contributed by atoms with Gasteiger partial charge in [0.05, 0.1) is 5.38 Å². The molecule has 0 spiro atoms. The number of hydrogen-bond acceptors (Lipinski definition) is 1. The monoisotopic (exact) mass is 119 g/mol. The van der Waals surface area contributed by atoms with Crippen LogP contribution in [0.5, 0.6) is 0 Å². The van der Waals surface area contributed by atoms with Crippen molar-refractivity contribution in [3.8, 4) is 0 Å². The predicted molar refractivity (Wildman–Crippen MR) is 34.3 cm³/mol. The van der Waals surface area contributed by atoms with Crippen LogP contribution >= 0.6 is 11.6 Å². The van der Waals surface area contributed by atoms with Gasteiger partial charge in [-0.2, -0.15) is 0 Å². The lowest BCUT2D eigenvalue weighted by atomic mass is 10.4. The topological polar surface area (TPSA) is 12.4 Å². The van der Waals surface area contributed by atoms with Crippen molar-refractivity contribution in [1.82, 2.24) is 0 Å². The normalized spacial score (nSPS) is 15.3. The second kappa shape index (κ2) is 4.13. The lowest BCUT2D eigenvalue weighted by Crippen LogP contribution is -1.95. The maximum Gasteiger partial charge on any atom is 0.0681 e. The minimum absolute atomic E-state index is 0.130. The SMILES string of the molecule is CCC(Cl)C=NC. The standard InChI is InChI=1S/C5H10ClN/c1-3-5(6)4-7-2/h4-5H,3H2,1-2H3. The highest BCUT2D eigenvalue weighted by Crippen LogP contribution is 1.95. The number of alkyl halides is 1. The quantitative estimate of drug-likeness (QED) is 0.388. The average molecular weight is 120 g/mol. The molecule has 0 fully saturated rings. The van der Waals surface area contributed by atoms with E-state index in [9.17, 15) is 0 Å². The van der Waals surface area contributed by atoms with Gasteiger partial charge in [-0.15, -0.1) is 11.6 Å². The Hall–Kier alpha value is -0.0400. The Kier molecular flexibility index (Phi) is 4.10. The third-order valence-corrected chi connectivity index (χ3v) is 1.12. The largest absolute Gasteiger partial charge is 0.299 e. The highest BCUT2D eigenvalue weighted by Gasteiger charge is 1.90. The van der Waals surface area contributed by atoms with Crippen LogP contribution in [0.1, 0.15) is 13.3 Å². The summed E-state index contributed by atoms with van der Waals surface area (Å²) in [5, 5.41) is 0.130. The molecule has 0 N–H and O–H groups in total. The molecule has 0 aromatic carbocycles. The molecule has 0 aromatic rings. The molecule has 0 rings (SSSR count). The molecule has 1 nitrogen and oxygen atoms in total. The molecule has 0 aliphatic carbocycles. The van der Waals surface area contributed by atoms with Gasteiger partial charge in [-0.25, -0.2) is 0 Å². The summed E-state index contributed by atoms with van der Waals surface area (Å²) in [7, 11) is 1.73. The zero-order valence-corrected chi connectivity index (χ0v) is 5.44. The molecule has 0 radical (unpaired) electrons. The van der Waals surface area contributed by atoms with E-state index in [0.717, 1.165) is 6.42 Å². The summed E-state index contributed by atoms with van der Waals surface area (Å²) >= 11 is 5.62. The molecule has 0 amide bonds. The predicted octanol–water partition coefficient (Wildman–Crippen LogP) is 1.70. The van der Waals surface area contributed by atoms with E-state index in [1.54, 1.807) is 13.3 Å². The maximum absolute atomic E-state index is 5.62. The summed E-state index contributed by atoms with van der Waals surface area (Å²) in [6.45, 7) is 2.03. The Morgan fingerprint density at radius 2 is 2.43 bits per heavy atom. The van der Waals surface area contributed by atoms with Gasteiger partial charge in [0, 0.05) is 13.3 Å². The first-order valence-corrected chi connectivity index (χ1v) is 2.81. The molecule has 2 heteroatoms. The van der Waals surface area contributed by atoms with Crippen LogP contribution < -0.4 is 0 Å². The highest BCUT2D eigenvalue weighted by molar-refractivity contribution is 6.28. The molecule has 0 saturated carbocycles. The van der Waals surface area contributed by atoms with Crippen molar-refractivity contribution in [2.24, 2.45) is 4.99 Å². The van der Waals surface area contributed by atoms with E-state index in [0.29, 0.717) is 0 Å². The molecule has 0 aliphatic heterocycles. The molecule has 0 bridgehead atoms. The van der Waals surface area contributed by atoms with E-state index in [2.05, 4.69) is 4.99 Å². The van der Waals surface area contributed by atoms with Gasteiger partial charge in [0.15, 0.2) is 0 Å². The van der Waals surface area contributed by atoms with Crippen molar-refractivity contribution in [2.75, 3.05) is 7.05 Å². The maximum atomic E-state index is 5.62. The minimum atomic E-state index is 0.130. The Balaban J connectivity index is 3.16. The van der Waals surface area contributed by atoms with Gasteiger partial charge in [-0.1, -0.05) is 6.92 Å². The molecular formula is C5H10ClN. The van der Waals surface area contributed by atoms with E-state index in [4.69, 9.17) is 11.6 Å². The van der Waals surface area contributed by atoms with E-state index in [1.165, 1.54) is 0 Å². The van der Waals surface area contributed by atoms with E-state index < -0.39 is 0 Å². The molecule has 1 atom stereocenters. The molecule has 7 heavy (non-hydrogen) atoms. The summed E-state index contributed by atoms with van der Waals surface area (Å²) in [5.74, 6) is 0.